The summed E-state index contributed by atoms with van der Waals surface area (Å²) in [6.07, 6.45) is 5.96. The lowest BCUT2D eigenvalue weighted by Crippen LogP contribution is -2.25. The van der Waals surface area contributed by atoms with Crippen molar-refractivity contribution in [3.8, 4) is 0 Å². The molecule has 0 spiro atoms. The fraction of sp³-hybridized carbons (Fsp3) is 0.280. The quantitative estimate of drug-likeness (QED) is 0.209. The number of rotatable bonds is 5. The minimum Gasteiger partial charge on any atom is -0.403 e. The number of carbonyl (C=O) groups excluding carboxylic acids is 3. The Hall–Kier alpha value is -4.09. The summed E-state index contributed by atoms with van der Waals surface area (Å²) in [5.41, 5.74) is 7.34. The number of benzene rings is 1. The molecule has 196 valence electrons. The van der Waals surface area contributed by atoms with Gasteiger partial charge in [-0.3, -0.25) is 19.4 Å². The van der Waals surface area contributed by atoms with E-state index in [0.717, 1.165) is 23.9 Å². The first-order valence-corrected chi connectivity index (χ1v) is 10.9. The molecule has 0 aliphatic heterocycles. The van der Waals surface area contributed by atoms with Gasteiger partial charge < -0.3 is 20.5 Å². The molecule has 0 radical (unpaired) electrons. The van der Waals surface area contributed by atoms with Gasteiger partial charge in [0, 0.05) is 43.1 Å². The van der Waals surface area contributed by atoms with E-state index < -0.39 is 0 Å². The van der Waals surface area contributed by atoms with Crippen molar-refractivity contribution in [2.24, 2.45) is 11.6 Å². The van der Waals surface area contributed by atoms with Gasteiger partial charge in [0.05, 0.1) is 11.7 Å². The lowest BCUT2D eigenvalue weighted by atomic mass is 10.2. The largest absolute Gasteiger partial charge is 0.403 e. The highest BCUT2D eigenvalue weighted by molar-refractivity contribution is 6.09. The molecule has 0 bridgehead atoms. The first-order valence-electron chi connectivity index (χ1n) is 10.9. The van der Waals surface area contributed by atoms with Crippen molar-refractivity contribution in [1.82, 2.24) is 19.8 Å². The lowest BCUT2D eigenvalue weighted by Gasteiger charge is -2.13. The van der Waals surface area contributed by atoms with Crippen molar-refractivity contribution < 1.29 is 18.8 Å². The van der Waals surface area contributed by atoms with E-state index >= 15 is 0 Å². The van der Waals surface area contributed by atoms with Crippen LogP contribution in [0.3, 0.4) is 0 Å². The van der Waals surface area contributed by atoms with Gasteiger partial charge in [-0.05, 0) is 52.7 Å². The molecule has 0 aliphatic rings. The Bertz CT molecular complexity index is 1090. The van der Waals surface area contributed by atoms with Gasteiger partial charge in [-0.15, -0.1) is 0 Å². The fourth-order valence-corrected chi connectivity index (χ4v) is 2.56. The van der Waals surface area contributed by atoms with Crippen molar-refractivity contribution in [2.75, 3.05) is 39.7 Å². The smallest absolute Gasteiger partial charge is 0.253 e. The first kappa shape index (κ1) is 31.9. The number of hydrazine groups is 1. The summed E-state index contributed by atoms with van der Waals surface area (Å²) in [6.45, 7) is 4.51. The molecule has 2 heterocycles. The van der Waals surface area contributed by atoms with Crippen LogP contribution in [0.1, 0.15) is 22.8 Å². The summed E-state index contributed by atoms with van der Waals surface area (Å²) in [5.74, 6) is 5.82. The Balaban J connectivity index is 0.000000538. The van der Waals surface area contributed by atoms with Crippen LogP contribution in [0.5, 0.6) is 0 Å². The molecule has 0 saturated carbocycles. The maximum absolute atomic E-state index is 13.5. The third-order valence-corrected chi connectivity index (χ3v) is 4.23. The van der Waals surface area contributed by atoms with Crippen molar-refractivity contribution in [3.05, 3.63) is 72.1 Å². The molecule has 3 rings (SSSR count). The van der Waals surface area contributed by atoms with Crippen LogP contribution in [0.4, 0.5) is 10.2 Å². The zero-order valence-electron chi connectivity index (χ0n) is 21.6. The summed E-state index contributed by atoms with van der Waals surface area (Å²) in [7, 11) is 7.80. The van der Waals surface area contributed by atoms with Crippen molar-refractivity contribution >= 4 is 35.2 Å². The molecule has 36 heavy (non-hydrogen) atoms. The number of hydrogen-bond donors (Lipinski definition) is 3. The number of amides is 1. The second-order valence-electron chi connectivity index (χ2n) is 7.70. The molecule has 3 aromatic rings. The van der Waals surface area contributed by atoms with E-state index in [4.69, 9.17) is 21.2 Å². The van der Waals surface area contributed by atoms with Crippen LogP contribution >= 0.6 is 0 Å². The zero-order valence-corrected chi connectivity index (χ0v) is 21.6. The van der Waals surface area contributed by atoms with Crippen LogP contribution < -0.4 is 16.6 Å². The minimum atomic E-state index is -0.373. The number of H-pyrrole nitrogens is 1. The van der Waals surface area contributed by atoms with E-state index in [-0.39, 0.29) is 24.3 Å². The molecule has 1 aromatic carbocycles. The third-order valence-electron chi connectivity index (χ3n) is 4.23. The summed E-state index contributed by atoms with van der Waals surface area (Å²) in [4.78, 5) is 39.7. The fourth-order valence-electron chi connectivity index (χ4n) is 2.56. The molecule has 0 fully saturated rings. The van der Waals surface area contributed by atoms with Gasteiger partial charge in [-0.25, -0.2) is 15.2 Å². The van der Waals surface area contributed by atoms with E-state index in [1.54, 1.807) is 18.1 Å². The molecule has 0 saturated heterocycles. The maximum atomic E-state index is 13.5. The van der Waals surface area contributed by atoms with Crippen LogP contribution in [-0.2, 0) is 9.59 Å². The van der Waals surface area contributed by atoms with E-state index in [0.29, 0.717) is 16.7 Å². The Labute approximate surface area is 211 Å². The number of anilines is 1. The highest BCUT2D eigenvalue weighted by Crippen LogP contribution is 2.26. The average molecular weight is 502 g/mol. The Morgan fingerprint density at radius 3 is 2.14 bits per heavy atom. The molecular formula is C25H36FN7O3. The van der Waals surface area contributed by atoms with Crippen LogP contribution in [0.25, 0.3) is 10.9 Å². The number of carbonyl (C=O) groups is 3. The SMILES string of the molecule is CCN(C)C(=O)c1ccccc1.CN(C)C.Cc1c[nH]c2c(N(N)/C=C\N)ncc(F)c12.O=CC=O. The molecule has 0 atom stereocenters. The van der Waals surface area contributed by atoms with Gasteiger partial charge in [-0.1, -0.05) is 18.2 Å². The van der Waals surface area contributed by atoms with Gasteiger partial charge in [-0.2, -0.15) is 0 Å². The monoisotopic (exact) mass is 501 g/mol. The van der Waals surface area contributed by atoms with E-state index in [9.17, 15) is 9.18 Å². The number of aldehydes is 2. The van der Waals surface area contributed by atoms with Crippen LogP contribution in [0.15, 0.2) is 55.1 Å². The molecule has 10 nitrogen and oxygen atoms in total. The van der Waals surface area contributed by atoms with Gasteiger partial charge >= 0.3 is 0 Å². The number of halogens is 1. The first-order chi connectivity index (χ1) is 17.0. The second kappa shape index (κ2) is 17.4. The predicted octanol–water partition coefficient (Wildman–Crippen LogP) is 2.46. The number of pyridine rings is 1. The molecule has 0 aliphatic carbocycles. The summed E-state index contributed by atoms with van der Waals surface area (Å²) in [6, 6.07) is 9.30. The van der Waals surface area contributed by atoms with Crippen LogP contribution in [0.2, 0.25) is 0 Å². The van der Waals surface area contributed by atoms with Crippen LogP contribution in [0, 0.1) is 12.7 Å². The number of aryl methyl sites for hydroxylation is 1. The topological polar surface area (TPSA) is 142 Å². The summed E-state index contributed by atoms with van der Waals surface area (Å²) in [5, 5.41) is 1.73. The van der Waals surface area contributed by atoms with Gasteiger partial charge in [0.15, 0.2) is 24.2 Å². The molecular weight excluding hydrogens is 465 g/mol. The molecule has 0 unspecified atom stereocenters. The minimum absolute atomic E-state index is 0.0816. The number of nitrogens with two attached hydrogens (primary N) is 2. The second-order valence-corrected chi connectivity index (χ2v) is 7.70. The number of aromatic nitrogens is 2. The van der Waals surface area contributed by atoms with E-state index in [1.807, 2.05) is 70.2 Å². The number of fused-ring (bicyclic) bond motifs is 1. The summed E-state index contributed by atoms with van der Waals surface area (Å²) >= 11 is 0. The highest BCUT2D eigenvalue weighted by Gasteiger charge is 2.13. The normalized spacial score (nSPS) is 9.81. The van der Waals surface area contributed by atoms with E-state index in [1.165, 1.54) is 17.4 Å². The van der Waals surface area contributed by atoms with Crippen LogP contribution in [-0.4, -0.2) is 73.0 Å². The van der Waals surface area contributed by atoms with Gasteiger partial charge in [0.2, 0.25) is 0 Å². The zero-order chi connectivity index (χ0) is 27.7. The van der Waals surface area contributed by atoms with E-state index in [2.05, 4.69) is 9.97 Å². The molecule has 1 amide bonds. The van der Waals surface area contributed by atoms with Gasteiger partial charge in [0.1, 0.15) is 0 Å². The number of nitrogens with zero attached hydrogens (tertiary/aromatic N) is 4. The Morgan fingerprint density at radius 2 is 1.67 bits per heavy atom. The molecule has 11 heteroatoms. The number of hydrogen-bond acceptors (Lipinski definition) is 8. The molecule has 5 N–H and O–H groups in total. The standard InChI is InChI=1S/C10H12FN5.C10H13NO.C3H9N.C2H2O2/c1-6-4-14-9-8(6)7(11)5-15-10(9)16(13)3-2-12;1-3-11(2)10(12)9-7-5-4-6-8-9;1-4(2)3;3-1-2-4/h2-5,14H,12-13H2,1H3;4-8H,3H2,1-2H3;1-3H3;1-2H/b3-2-;;;. The highest BCUT2D eigenvalue weighted by atomic mass is 19.1. The summed E-state index contributed by atoms with van der Waals surface area (Å²) < 4.78 is 13.5. The number of aromatic amines is 1. The predicted molar refractivity (Wildman–Crippen MR) is 142 cm³/mol. The molecule has 2 aromatic heterocycles. The Morgan fingerprint density at radius 1 is 1.11 bits per heavy atom. The van der Waals surface area contributed by atoms with Crippen molar-refractivity contribution in [2.45, 2.75) is 13.8 Å². The Kier molecular flexibility index (Phi) is 15.4. The van der Waals surface area contributed by atoms with Crippen molar-refractivity contribution in [3.63, 3.8) is 0 Å². The average Bonchev–Trinajstić information content (AvgIpc) is 3.26. The van der Waals surface area contributed by atoms with Crippen molar-refractivity contribution in [1.29, 1.82) is 0 Å². The maximum Gasteiger partial charge on any atom is 0.253 e. The lowest BCUT2D eigenvalue weighted by molar-refractivity contribution is -0.122. The number of nitrogens with one attached hydrogen (secondary N) is 1. The van der Waals surface area contributed by atoms with Gasteiger partial charge in [0.25, 0.3) is 5.91 Å². The third kappa shape index (κ3) is 10.9.